The van der Waals surface area contributed by atoms with Crippen LogP contribution < -0.4 is 4.90 Å². The first kappa shape index (κ1) is 18.0. The number of hydrogen-bond donors (Lipinski definition) is 0. The molecule has 1 aliphatic carbocycles. The third-order valence-corrected chi connectivity index (χ3v) is 6.66. The van der Waals surface area contributed by atoms with Gasteiger partial charge in [-0.3, -0.25) is 0 Å². The summed E-state index contributed by atoms with van der Waals surface area (Å²) in [7, 11) is 0. The van der Waals surface area contributed by atoms with Gasteiger partial charge in [-0.25, -0.2) is 0 Å². The Labute approximate surface area is 173 Å². The molecule has 0 bridgehead atoms. The van der Waals surface area contributed by atoms with Crippen LogP contribution in [0.25, 0.3) is 21.9 Å². The number of benzene rings is 4. The van der Waals surface area contributed by atoms with E-state index in [0.29, 0.717) is 0 Å². The van der Waals surface area contributed by atoms with Gasteiger partial charge >= 0.3 is 0 Å². The zero-order valence-corrected chi connectivity index (χ0v) is 17.7. The minimum Gasteiger partial charge on any atom is -0.342 e. The van der Waals surface area contributed by atoms with E-state index < -0.39 is 0 Å². The molecular formula is C28H27N. The van der Waals surface area contributed by atoms with E-state index in [9.17, 15) is 0 Å². The average molecular weight is 378 g/mol. The third-order valence-electron chi connectivity index (χ3n) is 6.66. The maximum Gasteiger partial charge on any atom is 0.0446 e. The zero-order chi connectivity index (χ0) is 20.2. The summed E-state index contributed by atoms with van der Waals surface area (Å²) in [6, 6.07) is 29.0. The van der Waals surface area contributed by atoms with Crippen molar-refractivity contribution in [1.82, 2.24) is 0 Å². The summed E-state index contributed by atoms with van der Waals surface area (Å²) < 4.78 is 0. The van der Waals surface area contributed by atoms with Crippen LogP contribution in [0.2, 0.25) is 0 Å². The van der Waals surface area contributed by atoms with Gasteiger partial charge in [0.05, 0.1) is 0 Å². The molecule has 0 amide bonds. The first-order valence-corrected chi connectivity index (χ1v) is 10.5. The lowest BCUT2D eigenvalue weighted by atomic mass is 9.82. The summed E-state index contributed by atoms with van der Waals surface area (Å²) in [6.07, 6.45) is 0. The summed E-state index contributed by atoms with van der Waals surface area (Å²) in [5.41, 5.74) is 9.55. The predicted molar refractivity (Wildman–Crippen MR) is 125 cm³/mol. The lowest BCUT2D eigenvalue weighted by Gasteiger charge is -2.27. The molecule has 144 valence electrons. The molecule has 4 aromatic carbocycles. The third kappa shape index (κ3) is 2.61. The number of hydrogen-bond acceptors (Lipinski definition) is 1. The van der Waals surface area contributed by atoms with Gasteiger partial charge in [0, 0.05) is 23.3 Å². The SMILES string of the molecule is CCN(c1ccc2c(c1)-c1ccccc1C2(C)C)c1ccc2ccccc2c1C. The van der Waals surface area contributed by atoms with Crippen LogP contribution in [0.5, 0.6) is 0 Å². The van der Waals surface area contributed by atoms with Gasteiger partial charge in [0.1, 0.15) is 0 Å². The second-order valence-electron chi connectivity index (χ2n) is 8.58. The van der Waals surface area contributed by atoms with E-state index in [0.717, 1.165) is 6.54 Å². The molecule has 1 aliphatic rings. The van der Waals surface area contributed by atoms with Crippen LogP contribution in [-0.2, 0) is 5.41 Å². The summed E-state index contributed by atoms with van der Waals surface area (Å²) in [5, 5.41) is 2.63. The quantitative estimate of drug-likeness (QED) is 0.355. The van der Waals surface area contributed by atoms with Gasteiger partial charge in [0.25, 0.3) is 0 Å². The minimum atomic E-state index is 0.0559. The van der Waals surface area contributed by atoms with Crippen LogP contribution in [-0.4, -0.2) is 6.54 Å². The van der Waals surface area contributed by atoms with E-state index in [1.54, 1.807) is 0 Å². The highest BCUT2D eigenvalue weighted by Crippen LogP contribution is 2.50. The van der Waals surface area contributed by atoms with Crippen molar-refractivity contribution < 1.29 is 0 Å². The Morgan fingerprint density at radius 2 is 1.48 bits per heavy atom. The standard InChI is InChI=1S/C28H27N/c1-5-29(27-17-14-20-10-6-7-11-22(20)19(27)2)21-15-16-26-24(18-21)23-12-8-9-13-25(23)28(26,3)4/h6-18H,5H2,1-4H3. The Morgan fingerprint density at radius 3 is 2.31 bits per heavy atom. The zero-order valence-electron chi connectivity index (χ0n) is 17.7. The van der Waals surface area contributed by atoms with Crippen LogP contribution in [0.15, 0.2) is 78.9 Å². The lowest BCUT2D eigenvalue weighted by Crippen LogP contribution is -2.18. The summed E-state index contributed by atoms with van der Waals surface area (Å²) >= 11 is 0. The van der Waals surface area contributed by atoms with Crippen molar-refractivity contribution >= 4 is 22.1 Å². The van der Waals surface area contributed by atoms with Crippen LogP contribution in [0.4, 0.5) is 11.4 Å². The molecule has 0 radical (unpaired) electrons. The second-order valence-corrected chi connectivity index (χ2v) is 8.58. The molecule has 0 spiro atoms. The normalized spacial score (nSPS) is 13.9. The van der Waals surface area contributed by atoms with Crippen LogP contribution >= 0.6 is 0 Å². The van der Waals surface area contributed by atoms with E-state index >= 15 is 0 Å². The molecule has 4 aromatic rings. The Balaban J connectivity index is 1.67. The second kappa shape index (κ2) is 6.49. The van der Waals surface area contributed by atoms with E-state index in [4.69, 9.17) is 0 Å². The predicted octanol–water partition coefficient (Wildman–Crippen LogP) is 7.61. The van der Waals surface area contributed by atoms with Gasteiger partial charge in [0.15, 0.2) is 0 Å². The smallest absolute Gasteiger partial charge is 0.0446 e. The van der Waals surface area contributed by atoms with E-state index in [1.807, 2.05) is 0 Å². The molecule has 0 atom stereocenters. The fourth-order valence-corrected chi connectivity index (χ4v) is 5.08. The molecule has 5 rings (SSSR count). The first-order valence-electron chi connectivity index (χ1n) is 10.5. The van der Waals surface area contributed by atoms with E-state index in [1.165, 1.54) is 50.0 Å². The molecular weight excluding hydrogens is 350 g/mol. The molecule has 1 heteroatoms. The fraction of sp³-hybridized carbons (Fsp3) is 0.214. The maximum atomic E-state index is 2.44. The number of anilines is 2. The molecule has 1 nitrogen and oxygen atoms in total. The molecule has 0 aliphatic heterocycles. The van der Waals surface area contributed by atoms with Gasteiger partial charge in [-0.1, -0.05) is 74.5 Å². The van der Waals surface area contributed by atoms with E-state index in [2.05, 4.69) is 111 Å². The fourth-order valence-electron chi connectivity index (χ4n) is 5.08. The van der Waals surface area contributed by atoms with Crippen LogP contribution in [0.3, 0.4) is 0 Å². The highest BCUT2D eigenvalue weighted by atomic mass is 15.1. The van der Waals surface area contributed by atoms with Crippen molar-refractivity contribution in [2.75, 3.05) is 11.4 Å². The Kier molecular flexibility index (Phi) is 4.03. The Bertz CT molecular complexity index is 1230. The molecule has 0 saturated heterocycles. The van der Waals surface area contributed by atoms with Gasteiger partial charge in [-0.05, 0) is 70.6 Å². The molecule has 0 heterocycles. The Hall–Kier alpha value is -3.06. The monoisotopic (exact) mass is 377 g/mol. The molecule has 0 fully saturated rings. The minimum absolute atomic E-state index is 0.0559. The first-order chi connectivity index (χ1) is 14.0. The van der Waals surface area contributed by atoms with Gasteiger partial charge in [-0.2, -0.15) is 0 Å². The van der Waals surface area contributed by atoms with Gasteiger partial charge in [0.2, 0.25) is 0 Å². The average Bonchev–Trinajstić information content (AvgIpc) is 2.98. The van der Waals surface area contributed by atoms with Crippen molar-refractivity contribution in [2.45, 2.75) is 33.1 Å². The molecule has 0 N–H and O–H groups in total. The van der Waals surface area contributed by atoms with Crippen LogP contribution in [0.1, 0.15) is 37.5 Å². The summed E-state index contributed by atoms with van der Waals surface area (Å²) in [4.78, 5) is 2.44. The molecule has 0 saturated carbocycles. The topological polar surface area (TPSA) is 3.24 Å². The van der Waals surface area contributed by atoms with Crippen molar-refractivity contribution in [3.63, 3.8) is 0 Å². The number of nitrogens with zero attached hydrogens (tertiary/aromatic N) is 1. The molecule has 0 aromatic heterocycles. The van der Waals surface area contributed by atoms with Crippen LogP contribution in [0, 0.1) is 6.92 Å². The number of rotatable bonds is 3. The van der Waals surface area contributed by atoms with Crippen molar-refractivity contribution in [1.29, 1.82) is 0 Å². The molecule has 29 heavy (non-hydrogen) atoms. The van der Waals surface area contributed by atoms with Crippen molar-refractivity contribution in [3.05, 3.63) is 95.6 Å². The summed E-state index contributed by atoms with van der Waals surface area (Å²) in [5.74, 6) is 0. The highest BCUT2D eigenvalue weighted by molar-refractivity contribution is 5.92. The number of fused-ring (bicyclic) bond motifs is 4. The largest absolute Gasteiger partial charge is 0.342 e. The number of aryl methyl sites for hydroxylation is 1. The van der Waals surface area contributed by atoms with Gasteiger partial charge < -0.3 is 4.90 Å². The maximum absolute atomic E-state index is 2.44. The van der Waals surface area contributed by atoms with Crippen molar-refractivity contribution in [3.8, 4) is 11.1 Å². The lowest BCUT2D eigenvalue weighted by molar-refractivity contribution is 0.660. The van der Waals surface area contributed by atoms with Gasteiger partial charge in [-0.15, -0.1) is 0 Å². The van der Waals surface area contributed by atoms with Crippen molar-refractivity contribution in [2.24, 2.45) is 0 Å². The van der Waals surface area contributed by atoms with E-state index in [-0.39, 0.29) is 5.41 Å². The Morgan fingerprint density at radius 1 is 0.759 bits per heavy atom. The summed E-state index contributed by atoms with van der Waals surface area (Å²) in [6.45, 7) is 10.1. The molecule has 0 unspecified atom stereocenters. The highest BCUT2D eigenvalue weighted by Gasteiger charge is 2.35.